The van der Waals surface area contributed by atoms with Gasteiger partial charge in [0.2, 0.25) is 10.0 Å². The minimum Gasteiger partial charge on any atom is -0.508 e. The van der Waals surface area contributed by atoms with E-state index in [9.17, 15) is 13.5 Å². The van der Waals surface area contributed by atoms with Crippen molar-refractivity contribution in [1.82, 2.24) is 0 Å². The summed E-state index contributed by atoms with van der Waals surface area (Å²) >= 11 is 0. The van der Waals surface area contributed by atoms with Gasteiger partial charge in [0.1, 0.15) is 5.75 Å². The summed E-state index contributed by atoms with van der Waals surface area (Å²) < 4.78 is 24.0. The lowest BCUT2D eigenvalue weighted by Gasteiger charge is -2.16. The first-order chi connectivity index (χ1) is 6.50. The van der Waals surface area contributed by atoms with Crippen LogP contribution in [0.25, 0.3) is 0 Å². The van der Waals surface area contributed by atoms with Gasteiger partial charge < -0.3 is 5.11 Å². The number of fused-ring (bicyclic) bond motifs is 1. The Kier molecular flexibility index (Phi) is 1.92. The SMILES string of the molecule is CS(=O)(=O)N1CCc2c(O)cccc21. The molecular weight excluding hydrogens is 202 g/mol. The van der Waals surface area contributed by atoms with Gasteiger partial charge in [0, 0.05) is 12.1 Å². The zero-order chi connectivity index (χ0) is 10.3. The average molecular weight is 213 g/mol. The van der Waals surface area contributed by atoms with Gasteiger partial charge in [-0.3, -0.25) is 4.31 Å². The second-order valence-corrected chi connectivity index (χ2v) is 5.27. The van der Waals surface area contributed by atoms with E-state index in [4.69, 9.17) is 0 Å². The monoisotopic (exact) mass is 213 g/mol. The Hall–Kier alpha value is -1.23. The number of anilines is 1. The van der Waals surface area contributed by atoms with Gasteiger partial charge in [-0.05, 0) is 18.6 Å². The van der Waals surface area contributed by atoms with Crippen molar-refractivity contribution < 1.29 is 13.5 Å². The number of phenolic OH excluding ortho intramolecular Hbond substituents is 1. The van der Waals surface area contributed by atoms with Crippen LogP contribution in [0.2, 0.25) is 0 Å². The average Bonchev–Trinajstić information content (AvgIpc) is 2.47. The van der Waals surface area contributed by atoms with Crippen molar-refractivity contribution in [2.24, 2.45) is 0 Å². The molecule has 0 atom stereocenters. The zero-order valence-corrected chi connectivity index (χ0v) is 8.58. The first kappa shape index (κ1) is 9.33. The second kappa shape index (κ2) is 2.88. The van der Waals surface area contributed by atoms with Crippen LogP contribution in [-0.2, 0) is 16.4 Å². The maximum absolute atomic E-state index is 11.4. The minimum atomic E-state index is -3.21. The molecule has 0 saturated carbocycles. The lowest BCUT2D eigenvalue weighted by molar-refractivity contribution is 0.470. The molecule has 14 heavy (non-hydrogen) atoms. The van der Waals surface area contributed by atoms with Crippen LogP contribution in [0.5, 0.6) is 5.75 Å². The van der Waals surface area contributed by atoms with Crippen molar-refractivity contribution in [2.75, 3.05) is 17.1 Å². The van der Waals surface area contributed by atoms with Gasteiger partial charge in [-0.2, -0.15) is 0 Å². The zero-order valence-electron chi connectivity index (χ0n) is 7.77. The molecule has 0 radical (unpaired) electrons. The van der Waals surface area contributed by atoms with E-state index in [1.54, 1.807) is 18.2 Å². The van der Waals surface area contributed by atoms with Crippen LogP contribution in [0.15, 0.2) is 18.2 Å². The molecule has 1 N–H and O–H groups in total. The lowest BCUT2D eigenvalue weighted by Crippen LogP contribution is -2.27. The van der Waals surface area contributed by atoms with E-state index >= 15 is 0 Å². The molecule has 1 aliphatic heterocycles. The van der Waals surface area contributed by atoms with Crippen LogP contribution in [0, 0.1) is 0 Å². The molecule has 2 rings (SSSR count). The predicted molar refractivity (Wildman–Crippen MR) is 54.0 cm³/mol. The summed E-state index contributed by atoms with van der Waals surface area (Å²) in [5, 5.41) is 9.49. The maximum atomic E-state index is 11.4. The van der Waals surface area contributed by atoms with Gasteiger partial charge in [0.15, 0.2) is 0 Å². The van der Waals surface area contributed by atoms with E-state index in [-0.39, 0.29) is 5.75 Å². The maximum Gasteiger partial charge on any atom is 0.232 e. The van der Waals surface area contributed by atoms with Crippen molar-refractivity contribution in [3.05, 3.63) is 23.8 Å². The molecule has 0 aromatic heterocycles. The van der Waals surface area contributed by atoms with E-state index in [2.05, 4.69) is 0 Å². The normalized spacial score (nSPS) is 15.6. The summed E-state index contributed by atoms with van der Waals surface area (Å²) in [4.78, 5) is 0. The Bertz CT molecular complexity index is 467. The summed E-state index contributed by atoms with van der Waals surface area (Å²) in [7, 11) is -3.21. The number of nitrogens with zero attached hydrogens (tertiary/aromatic N) is 1. The highest BCUT2D eigenvalue weighted by molar-refractivity contribution is 7.92. The quantitative estimate of drug-likeness (QED) is 0.747. The van der Waals surface area contributed by atoms with E-state index in [0.29, 0.717) is 18.7 Å². The lowest BCUT2D eigenvalue weighted by atomic mass is 10.1. The van der Waals surface area contributed by atoms with Gasteiger partial charge in [0.05, 0.1) is 11.9 Å². The third kappa shape index (κ3) is 1.33. The van der Waals surface area contributed by atoms with Gasteiger partial charge in [0.25, 0.3) is 0 Å². The molecule has 0 unspecified atom stereocenters. The molecule has 0 saturated heterocycles. The number of hydrogen-bond acceptors (Lipinski definition) is 3. The summed E-state index contributed by atoms with van der Waals surface area (Å²) in [6, 6.07) is 4.94. The third-order valence-electron chi connectivity index (χ3n) is 2.36. The molecule has 5 heteroatoms. The standard InChI is InChI=1S/C9H11NO3S/c1-14(12,13)10-6-5-7-8(10)3-2-4-9(7)11/h2-4,11H,5-6H2,1H3. The van der Waals surface area contributed by atoms with E-state index < -0.39 is 10.0 Å². The van der Waals surface area contributed by atoms with Crippen LogP contribution in [-0.4, -0.2) is 26.3 Å². The van der Waals surface area contributed by atoms with Crippen LogP contribution in [0.3, 0.4) is 0 Å². The highest BCUT2D eigenvalue weighted by Gasteiger charge is 2.27. The smallest absolute Gasteiger partial charge is 0.232 e. The number of aromatic hydroxyl groups is 1. The number of benzene rings is 1. The molecule has 4 nitrogen and oxygen atoms in total. The molecule has 0 spiro atoms. The highest BCUT2D eigenvalue weighted by atomic mass is 32.2. The molecule has 1 aliphatic rings. The number of rotatable bonds is 1. The van der Waals surface area contributed by atoms with E-state index in [1.807, 2.05) is 0 Å². The molecule has 1 heterocycles. The number of sulfonamides is 1. The largest absolute Gasteiger partial charge is 0.508 e. The molecule has 0 amide bonds. The van der Waals surface area contributed by atoms with Crippen LogP contribution in [0.4, 0.5) is 5.69 Å². The Labute approximate surface area is 82.8 Å². The summed E-state index contributed by atoms with van der Waals surface area (Å²) in [5.74, 6) is 0.175. The van der Waals surface area contributed by atoms with Gasteiger partial charge in [-0.1, -0.05) is 6.07 Å². The Morgan fingerprint density at radius 1 is 1.43 bits per heavy atom. The Morgan fingerprint density at radius 2 is 2.14 bits per heavy atom. The Balaban J connectivity index is 2.56. The summed E-state index contributed by atoms with van der Waals surface area (Å²) in [5.41, 5.74) is 1.32. The van der Waals surface area contributed by atoms with Crippen molar-refractivity contribution in [3.63, 3.8) is 0 Å². The van der Waals surface area contributed by atoms with Gasteiger partial charge >= 0.3 is 0 Å². The Morgan fingerprint density at radius 3 is 2.79 bits per heavy atom. The number of phenols is 1. The van der Waals surface area contributed by atoms with Crippen molar-refractivity contribution >= 4 is 15.7 Å². The first-order valence-corrected chi connectivity index (χ1v) is 6.13. The van der Waals surface area contributed by atoms with Crippen molar-refractivity contribution in [1.29, 1.82) is 0 Å². The fourth-order valence-electron chi connectivity index (χ4n) is 1.73. The fraction of sp³-hybridized carbons (Fsp3) is 0.333. The van der Waals surface area contributed by atoms with Crippen LogP contribution in [0.1, 0.15) is 5.56 Å². The summed E-state index contributed by atoms with van der Waals surface area (Å²) in [6.07, 6.45) is 1.75. The van der Waals surface area contributed by atoms with E-state index in [0.717, 1.165) is 5.56 Å². The fourth-order valence-corrected chi connectivity index (χ4v) is 2.68. The molecule has 1 aromatic carbocycles. The van der Waals surface area contributed by atoms with Crippen molar-refractivity contribution in [2.45, 2.75) is 6.42 Å². The molecule has 0 bridgehead atoms. The summed E-state index contributed by atoms with van der Waals surface area (Å²) in [6.45, 7) is 0.422. The molecule has 76 valence electrons. The molecule has 1 aromatic rings. The van der Waals surface area contributed by atoms with E-state index in [1.165, 1.54) is 10.6 Å². The third-order valence-corrected chi connectivity index (χ3v) is 3.54. The molecular formula is C9H11NO3S. The highest BCUT2D eigenvalue weighted by Crippen LogP contribution is 2.35. The minimum absolute atomic E-state index is 0.175. The predicted octanol–water partition coefficient (Wildman–Crippen LogP) is 0.714. The van der Waals surface area contributed by atoms with Gasteiger partial charge in [-0.25, -0.2) is 8.42 Å². The number of hydrogen-bond donors (Lipinski definition) is 1. The van der Waals surface area contributed by atoms with Crippen LogP contribution >= 0.6 is 0 Å². The van der Waals surface area contributed by atoms with Crippen LogP contribution < -0.4 is 4.31 Å². The van der Waals surface area contributed by atoms with Gasteiger partial charge in [-0.15, -0.1) is 0 Å². The second-order valence-electron chi connectivity index (χ2n) is 3.36. The molecule has 0 aliphatic carbocycles. The first-order valence-electron chi connectivity index (χ1n) is 4.29. The van der Waals surface area contributed by atoms with Crippen molar-refractivity contribution in [3.8, 4) is 5.75 Å². The molecule has 0 fully saturated rings. The topological polar surface area (TPSA) is 57.6 Å².